The van der Waals surface area contributed by atoms with Crippen molar-refractivity contribution in [2.24, 2.45) is 0 Å². The number of pyridine rings is 1. The molecular weight excluding hydrogens is 572 g/mol. The molecule has 3 heterocycles. The number of hydrogen-bond acceptors (Lipinski definition) is 6. The second-order valence-electron chi connectivity index (χ2n) is 9.74. The molecule has 0 saturated carbocycles. The quantitative estimate of drug-likeness (QED) is 0.477. The molecule has 1 saturated heterocycles. The summed E-state index contributed by atoms with van der Waals surface area (Å²) in [6.45, 7) is 1.65. The van der Waals surface area contributed by atoms with Gasteiger partial charge in [0.05, 0.1) is 51.6 Å². The number of nitrogens with one attached hydrogen (secondary N) is 1. The molecule has 0 bridgehead atoms. The third kappa shape index (κ3) is 4.89. The van der Waals surface area contributed by atoms with Gasteiger partial charge in [0.2, 0.25) is 0 Å². The molecule has 2 aliphatic heterocycles. The zero-order valence-electron chi connectivity index (χ0n) is 20.7. The first-order valence-electron chi connectivity index (χ1n) is 12.1. The van der Waals surface area contributed by atoms with Crippen molar-refractivity contribution >= 4 is 43.1 Å². The average Bonchev–Trinajstić information content (AvgIpc) is 3.13. The van der Waals surface area contributed by atoms with Crippen molar-refractivity contribution in [1.82, 2.24) is 10.3 Å². The lowest BCUT2D eigenvalue weighted by atomic mass is 9.72. The van der Waals surface area contributed by atoms with E-state index in [9.17, 15) is 30.4 Å². The number of rotatable bonds is 5. The van der Waals surface area contributed by atoms with Gasteiger partial charge in [0.1, 0.15) is 21.5 Å². The Balaban J connectivity index is 1.53. The number of nitrogens with zero attached hydrogens (tertiary/aromatic N) is 2. The topological polar surface area (TPSA) is 114 Å². The van der Waals surface area contributed by atoms with Crippen molar-refractivity contribution in [3.8, 4) is 0 Å². The van der Waals surface area contributed by atoms with Gasteiger partial charge in [-0.1, -0.05) is 11.6 Å². The summed E-state index contributed by atoms with van der Waals surface area (Å²) in [5, 5.41) is 2.74. The van der Waals surface area contributed by atoms with Crippen molar-refractivity contribution < 1.29 is 30.4 Å². The predicted molar refractivity (Wildman–Crippen MR) is 142 cm³/mol. The van der Waals surface area contributed by atoms with Gasteiger partial charge in [-0.05, 0) is 73.9 Å². The van der Waals surface area contributed by atoms with Crippen molar-refractivity contribution in [3.05, 3.63) is 88.2 Å². The molecule has 8 nitrogen and oxygen atoms in total. The fourth-order valence-electron chi connectivity index (χ4n) is 5.41. The molecule has 2 aromatic carbocycles. The van der Waals surface area contributed by atoms with Gasteiger partial charge in [0.15, 0.2) is 0 Å². The molecule has 1 aromatic heterocycles. The number of sulfone groups is 1. The number of amides is 1. The van der Waals surface area contributed by atoms with Gasteiger partial charge in [0, 0.05) is 11.0 Å². The molecule has 206 valence electrons. The number of aromatic nitrogens is 1. The van der Waals surface area contributed by atoms with Crippen LogP contribution in [0, 0.1) is 11.6 Å². The van der Waals surface area contributed by atoms with Gasteiger partial charge in [0.25, 0.3) is 15.9 Å². The van der Waals surface area contributed by atoms with Gasteiger partial charge < -0.3 is 5.32 Å². The van der Waals surface area contributed by atoms with Crippen LogP contribution >= 0.6 is 11.6 Å². The van der Waals surface area contributed by atoms with Crippen LogP contribution in [0.1, 0.15) is 41.4 Å². The lowest BCUT2D eigenvalue weighted by molar-refractivity contribution is 0.0950. The highest BCUT2D eigenvalue weighted by molar-refractivity contribution is 7.93. The molecule has 13 heteroatoms. The molecule has 5 rings (SSSR count). The van der Waals surface area contributed by atoms with Crippen LogP contribution in [0.15, 0.2) is 59.6 Å². The Morgan fingerprint density at radius 1 is 1.10 bits per heavy atom. The van der Waals surface area contributed by atoms with Crippen LogP contribution in [0.2, 0.25) is 5.02 Å². The third-order valence-electron chi connectivity index (χ3n) is 7.57. The molecule has 2 aliphatic rings. The van der Waals surface area contributed by atoms with Crippen LogP contribution in [-0.2, 0) is 31.8 Å². The Kier molecular flexibility index (Phi) is 6.92. The summed E-state index contributed by atoms with van der Waals surface area (Å²) in [6, 6.07) is 9.52. The number of hydrogen-bond donors (Lipinski definition) is 1. The first-order valence-corrected chi connectivity index (χ1v) is 15.7. The van der Waals surface area contributed by atoms with Crippen LogP contribution in [-0.4, -0.2) is 45.3 Å². The molecule has 3 aromatic rings. The van der Waals surface area contributed by atoms with Gasteiger partial charge in [-0.2, -0.15) is 0 Å². The molecule has 1 unspecified atom stereocenters. The minimum Gasteiger partial charge on any atom is -0.346 e. The Hall–Kier alpha value is -3.09. The summed E-state index contributed by atoms with van der Waals surface area (Å²) in [5.41, 5.74) is 0.540. The van der Waals surface area contributed by atoms with Gasteiger partial charge in [-0.15, -0.1) is 0 Å². The van der Waals surface area contributed by atoms with E-state index in [2.05, 4.69) is 10.3 Å². The molecule has 0 radical (unpaired) electrons. The van der Waals surface area contributed by atoms with Crippen molar-refractivity contribution in [1.29, 1.82) is 0 Å². The first-order chi connectivity index (χ1) is 18.3. The second kappa shape index (κ2) is 9.83. The lowest BCUT2D eigenvalue weighted by Crippen LogP contribution is -2.49. The second-order valence-corrected chi connectivity index (χ2v) is 14.3. The number of fused-ring (bicyclic) bond motifs is 2. The number of carbonyl (C=O) groups excluding carboxylic acids is 1. The Bertz CT molecular complexity index is 1670. The fraction of sp³-hybridized carbons (Fsp3) is 0.308. The minimum atomic E-state index is -4.15. The van der Waals surface area contributed by atoms with E-state index in [1.54, 1.807) is 13.0 Å². The van der Waals surface area contributed by atoms with Crippen LogP contribution < -0.4 is 9.62 Å². The van der Waals surface area contributed by atoms with E-state index in [4.69, 9.17) is 11.6 Å². The van der Waals surface area contributed by atoms with Gasteiger partial charge in [-0.3, -0.25) is 14.1 Å². The normalized spacial score (nSPS) is 19.6. The number of anilines is 1. The smallest absolute Gasteiger partial charge is 0.264 e. The maximum Gasteiger partial charge on any atom is 0.264 e. The van der Waals surface area contributed by atoms with E-state index in [0.29, 0.717) is 11.3 Å². The molecule has 1 amide bonds. The minimum absolute atomic E-state index is 0.0575. The summed E-state index contributed by atoms with van der Waals surface area (Å²) in [4.78, 5) is 16.8. The predicted octanol–water partition coefficient (Wildman–Crippen LogP) is 3.99. The zero-order valence-corrected chi connectivity index (χ0v) is 23.1. The Morgan fingerprint density at radius 3 is 2.41 bits per heavy atom. The van der Waals surface area contributed by atoms with Crippen LogP contribution in [0.5, 0.6) is 0 Å². The highest BCUT2D eigenvalue weighted by Gasteiger charge is 2.54. The summed E-state index contributed by atoms with van der Waals surface area (Å²) >= 11 is 6.00. The lowest BCUT2D eigenvalue weighted by Gasteiger charge is -2.39. The fourth-order valence-corrected chi connectivity index (χ4v) is 8.93. The highest BCUT2D eigenvalue weighted by atomic mass is 35.5. The van der Waals surface area contributed by atoms with E-state index in [1.165, 1.54) is 28.6 Å². The summed E-state index contributed by atoms with van der Waals surface area (Å²) in [5.74, 6) is -1.92. The summed E-state index contributed by atoms with van der Waals surface area (Å²) < 4.78 is 80.2. The van der Waals surface area contributed by atoms with E-state index in [1.807, 2.05) is 0 Å². The molecule has 1 N–H and O–H groups in total. The SMILES string of the molecule is CC1N(S(=O)(=O)c2ccc(F)cc2)c2ccc(C(=O)NCc3ncc(F)cc3Cl)cc2C12CCS(=O)(=O)CC2. The van der Waals surface area contributed by atoms with Gasteiger partial charge >= 0.3 is 0 Å². The maximum absolute atomic E-state index is 13.8. The van der Waals surface area contributed by atoms with Crippen molar-refractivity contribution in [3.63, 3.8) is 0 Å². The molecule has 0 aliphatic carbocycles. The monoisotopic (exact) mass is 595 g/mol. The highest BCUT2D eigenvalue weighted by Crippen LogP contribution is 2.53. The largest absolute Gasteiger partial charge is 0.346 e. The number of sulfonamides is 1. The van der Waals surface area contributed by atoms with Crippen LogP contribution in [0.3, 0.4) is 0 Å². The van der Waals surface area contributed by atoms with Crippen LogP contribution in [0.4, 0.5) is 14.5 Å². The molecule has 1 atom stereocenters. The Morgan fingerprint density at radius 2 is 1.77 bits per heavy atom. The van der Waals surface area contributed by atoms with Gasteiger partial charge in [-0.25, -0.2) is 25.6 Å². The van der Waals surface area contributed by atoms with Crippen molar-refractivity contribution in [2.45, 2.75) is 42.7 Å². The standard InChI is InChI=1S/C26H24ClF2N3O5S2/c1-16-26(8-10-38(34,35)11-9-26)21-12-17(25(33)31-15-23-22(27)13-19(29)14-30-23)2-7-24(21)32(16)39(36,37)20-5-3-18(28)4-6-20/h2-7,12-14,16H,8-11,15H2,1H3,(H,31,33). The average molecular weight is 596 g/mol. The molecule has 1 fully saturated rings. The number of carbonyl (C=O) groups is 1. The van der Waals surface area contributed by atoms with Crippen LogP contribution in [0.25, 0.3) is 0 Å². The van der Waals surface area contributed by atoms with E-state index < -0.39 is 48.9 Å². The van der Waals surface area contributed by atoms with E-state index in [-0.39, 0.29) is 52.1 Å². The van der Waals surface area contributed by atoms with Crippen molar-refractivity contribution in [2.75, 3.05) is 15.8 Å². The maximum atomic E-state index is 13.8. The first kappa shape index (κ1) is 27.5. The molecule has 1 spiro atoms. The van der Waals surface area contributed by atoms with E-state index in [0.717, 1.165) is 24.4 Å². The number of halogens is 3. The Labute approximate surface area is 230 Å². The zero-order chi connectivity index (χ0) is 28.2. The number of benzene rings is 2. The summed E-state index contributed by atoms with van der Waals surface area (Å²) in [7, 11) is -7.44. The van der Waals surface area contributed by atoms with E-state index >= 15 is 0 Å². The third-order valence-corrected chi connectivity index (χ3v) is 11.5. The molecular formula is C26H24ClF2N3O5S2. The summed E-state index contributed by atoms with van der Waals surface area (Å²) in [6.07, 6.45) is 1.35. The molecule has 39 heavy (non-hydrogen) atoms.